The molecule has 0 radical (unpaired) electrons. The number of likely N-dealkylation sites (N-methyl/N-ethyl adjacent to an activating group) is 1. The van der Waals surface area contributed by atoms with Crippen molar-refractivity contribution in [3.63, 3.8) is 0 Å². The van der Waals surface area contributed by atoms with Gasteiger partial charge >= 0.3 is 13.8 Å². The predicted molar refractivity (Wildman–Crippen MR) is 247 cm³/mol. The molecule has 0 aliphatic carbocycles. The number of esters is 1. The minimum Gasteiger partial charge on any atom is -0.457 e. The quantitative estimate of drug-likeness (QED) is 0.0215. The second-order valence-corrected chi connectivity index (χ2v) is 17.9. The zero-order valence-corrected chi connectivity index (χ0v) is 38.9. The van der Waals surface area contributed by atoms with Gasteiger partial charge in [-0.15, -0.1) is 0 Å². The van der Waals surface area contributed by atoms with E-state index in [2.05, 4.69) is 86.8 Å². The lowest BCUT2D eigenvalue weighted by atomic mass is 10.1. The molecule has 0 aliphatic heterocycles. The van der Waals surface area contributed by atoms with Crippen molar-refractivity contribution in [3.8, 4) is 0 Å². The summed E-state index contributed by atoms with van der Waals surface area (Å²) in [5.74, 6) is -0.341. The molecule has 0 aromatic heterocycles. The fourth-order valence-corrected chi connectivity index (χ4v) is 6.67. The van der Waals surface area contributed by atoms with E-state index in [9.17, 15) is 14.3 Å². The Bertz CT molecular complexity index is 1150. The molecule has 2 atom stereocenters. The van der Waals surface area contributed by atoms with E-state index >= 15 is 0 Å². The maximum Gasteiger partial charge on any atom is 0.472 e. The molecule has 0 aliphatic rings. The van der Waals surface area contributed by atoms with Crippen LogP contribution in [-0.4, -0.2) is 75.6 Å². The van der Waals surface area contributed by atoms with Gasteiger partial charge in [-0.3, -0.25) is 13.8 Å². The number of unbranched alkanes of at least 4 members (excludes halogenated alkanes) is 16. The lowest BCUT2D eigenvalue weighted by Crippen LogP contribution is -2.37. The number of ether oxygens (including phenoxy) is 2. The van der Waals surface area contributed by atoms with E-state index in [1.807, 2.05) is 21.1 Å². The Balaban J connectivity index is 4.27. The number of carbonyl (C=O) groups excluding carboxylic acids is 1. The van der Waals surface area contributed by atoms with Crippen molar-refractivity contribution in [3.05, 3.63) is 72.9 Å². The summed E-state index contributed by atoms with van der Waals surface area (Å²) in [5, 5.41) is 0. The van der Waals surface area contributed by atoms with E-state index in [4.69, 9.17) is 18.5 Å². The molecule has 2 unspecified atom stereocenters. The summed E-state index contributed by atoms with van der Waals surface area (Å²) in [7, 11) is 1.64. The summed E-state index contributed by atoms with van der Waals surface area (Å²) in [6.45, 7) is 5.43. The van der Waals surface area contributed by atoms with E-state index in [-0.39, 0.29) is 25.8 Å². The van der Waals surface area contributed by atoms with Gasteiger partial charge in [-0.05, 0) is 83.5 Å². The number of hydrogen-bond acceptors (Lipinski definition) is 6. The second-order valence-electron chi connectivity index (χ2n) is 16.4. The number of carbonyl (C=O) groups is 1. The fourth-order valence-electron chi connectivity index (χ4n) is 5.93. The first-order valence-electron chi connectivity index (χ1n) is 23.2. The Labute approximate surface area is 357 Å². The highest BCUT2D eigenvalue weighted by molar-refractivity contribution is 7.47. The molecule has 0 saturated carbocycles. The van der Waals surface area contributed by atoms with E-state index in [0.717, 1.165) is 77.0 Å². The van der Waals surface area contributed by atoms with Crippen LogP contribution in [0.15, 0.2) is 72.9 Å². The summed E-state index contributed by atoms with van der Waals surface area (Å²) in [5.41, 5.74) is 0. The van der Waals surface area contributed by atoms with Crippen LogP contribution in [0.3, 0.4) is 0 Å². The molecule has 1 N–H and O–H groups in total. The highest BCUT2D eigenvalue weighted by Crippen LogP contribution is 2.43. The van der Waals surface area contributed by atoms with Gasteiger partial charge in [0.15, 0.2) is 0 Å². The molecule has 0 bridgehead atoms. The molecule has 9 heteroatoms. The van der Waals surface area contributed by atoms with E-state index in [1.165, 1.54) is 77.0 Å². The van der Waals surface area contributed by atoms with Crippen LogP contribution in [-0.2, 0) is 27.9 Å². The predicted octanol–water partition coefficient (Wildman–Crippen LogP) is 13.9. The Morgan fingerprint density at radius 3 is 1.50 bits per heavy atom. The van der Waals surface area contributed by atoms with Gasteiger partial charge in [0.1, 0.15) is 19.3 Å². The van der Waals surface area contributed by atoms with Gasteiger partial charge in [0.05, 0.1) is 34.4 Å². The second kappa shape index (κ2) is 41.7. The molecule has 336 valence electrons. The number of phosphoric ester groups is 1. The average molecular weight is 835 g/mol. The van der Waals surface area contributed by atoms with Crippen LogP contribution in [0.2, 0.25) is 0 Å². The summed E-state index contributed by atoms with van der Waals surface area (Å²) in [4.78, 5) is 22.9. The fraction of sp³-hybridized carbons (Fsp3) is 0.735. The number of phosphoric acid groups is 1. The van der Waals surface area contributed by atoms with Crippen LogP contribution in [0, 0.1) is 0 Å². The van der Waals surface area contributed by atoms with Crippen molar-refractivity contribution in [2.24, 2.45) is 0 Å². The number of hydrogen-bond donors (Lipinski definition) is 1. The Kier molecular flexibility index (Phi) is 40.2. The highest BCUT2D eigenvalue weighted by Gasteiger charge is 2.26. The average Bonchev–Trinajstić information content (AvgIpc) is 3.18. The molecule has 0 rings (SSSR count). The zero-order valence-electron chi connectivity index (χ0n) is 38.0. The first-order chi connectivity index (χ1) is 28.1. The van der Waals surface area contributed by atoms with Crippen LogP contribution < -0.4 is 0 Å². The molecule has 58 heavy (non-hydrogen) atoms. The first-order valence-corrected chi connectivity index (χ1v) is 24.7. The molecule has 0 aromatic carbocycles. The SMILES string of the molecule is CC/C=C\C/C=C\C/C=C\C/C=C\CCCCCCC(=O)OC(COCCCCCCCCCC/C=C\C/C=C\CCCCCC)COP(=O)(O)OCC[N+](C)(C)C. The molecule has 8 nitrogen and oxygen atoms in total. The number of allylic oxidation sites excluding steroid dienone is 12. The summed E-state index contributed by atoms with van der Waals surface area (Å²) in [6.07, 6.45) is 53.6. The van der Waals surface area contributed by atoms with Crippen LogP contribution in [0.1, 0.15) is 174 Å². The maximum absolute atomic E-state index is 12.7. The molecule has 0 aromatic rings. The lowest BCUT2D eigenvalue weighted by Gasteiger charge is -2.24. The third-order valence-electron chi connectivity index (χ3n) is 9.50. The van der Waals surface area contributed by atoms with Gasteiger partial charge < -0.3 is 18.9 Å². The normalized spacial score (nSPS) is 14.4. The molecular weight excluding hydrogens is 746 g/mol. The van der Waals surface area contributed by atoms with Gasteiger partial charge in [-0.2, -0.15) is 0 Å². The lowest BCUT2D eigenvalue weighted by molar-refractivity contribution is -0.870. The Hall–Kier alpha value is -2.06. The van der Waals surface area contributed by atoms with E-state index in [1.54, 1.807) is 0 Å². The van der Waals surface area contributed by atoms with Crippen molar-refractivity contribution in [1.82, 2.24) is 0 Å². The summed E-state index contributed by atoms with van der Waals surface area (Å²) in [6, 6.07) is 0. The third-order valence-corrected chi connectivity index (χ3v) is 10.5. The zero-order chi connectivity index (χ0) is 42.7. The van der Waals surface area contributed by atoms with Gasteiger partial charge in [-0.1, -0.05) is 157 Å². The van der Waals surface area contributed by atoms with Gasteiger partial charge in [0, 0.05) is 13.0 Å². The monoisotopic (exact) mass is 835 g/mol. The molecular formula is C49H89NO7P+. The van der Waals surface area contributed by atoms with Crippen molar-refractivity contribution in [1.29, 1.82) is 0 Å². The third kappa shape index (κ3) is 45.0. The number of quaternary nitrogens is 1. The molecule has 0 amide bonds. The first kappa shape index (κ1) is 55.9. The van der Waals surface area contributed by atoms with Crippen molar-refractivity contribution in [2.75, 3.05) is 54.1 Å². The maximum atomic E-state index is 12.7. The smallest absolute Gasteiger partial charge is 0.457 e. The van der Waals surface area contributed by atoms with Crippen molar-refractivity contribution < 1.29 is 37.3 Å². The number of rotatable bonds is 42. The van der Waals surface area contributed by atoms with Crippen LogP contribution in [0.4, 0.5) is 0 Å². The minimum absolute atomic E-state index is 0.0786. The molecule has 0 spiro atoms. The topological polar surface area (TPSA) is 91.3 Å². The van der Waals surface area contributed by atoms with Gasteiger partial charge in [-0.25, -0.2) is 4.57 Å². The van der Waals surface area contributed by atoms with E-state index in [0.29, 0.717) is 24.1 Å². The van der Waals surface area contributed by atoms with Crippen LogP contribution in [0.25, 0.3) is 0 Å². The van der Waals surface area contributed by atoms with Crippen LogP contribution >= 0.6 is 7.82 Å². The minimum atomic E-state index is -4.29. The number of nitrogens with zero attached hydrogens (tertiary/aromatic N) is 1. The standard InChI is InChI=1S/C49H88NO7P/c1-6-8-10-12-14-16-18-20-22-24-25-27-29-31-33-35-37-39-41-44-54-46-48(47-56-58(52,53)55-45-43-50(3,4)5)57-49(51)42-40-38-36-34-32-30-28-26-23-21-19-17-15-13-11-9-7-2/h9,11,15-18,21-24,28,30,48H,6-8,10,12-14,19-20,25-27,29,31-47H2,1-5H3/p+1/b11-9-,17-15-,18-16-,23-21-,24-22-,30-28-. The van der Waals surface area contributed by atoms with Gasteiger partial charge in [0.2, 0.25) is 0 Å². The Morgan fingerprint density at radius 2 is 1.00 bits per heavy atom. The highest BCUT2D eigenvalue weighted by atomic mass is 31.2. The van der Waals surface area contributed by atoms with Crippen LogP contribution in [0.5, 0.6) is 0 Å². The summed E-state index contributed by atoms with van der Waals surface area (Å²) >= 11 is 0. The molecule has 0 heterocycles. The Morgan fingerprint density at radius 1 is 0.552 bits per heavy atom. The van der Waals surface area contributed by atoms with E-state index < -0.39 is 13.9 Å². The summed E-state index contributed by atoms with van der Waals surface area (Å²) < 4.78 is 35.0. The largest absolute Gasteiger partial charge is 0.472 e. The van der Waals surface area contributed by atoms with Crippen molar-refractivity contribution in [2.45, 2.75) is 180 Å². The molecule has 0 fully saturated rings. The molecule has 0 saturated heterocycles. The van der Waals surface area contributed by atoms with Gasteiger partial charge in [0.25, 0.3) is 0 Å². The van der Waals surface area contributed by atoms with Crippen molar-refractivity contribution >= 4 is 13.8 Å².